The molecule has 0 saturated carbocycles. The third kappa shape index (κ3) is 8.24. The second-order valence-corrected chi connectivity index (χ2v) is 6.99. The molecule has 1 aliphatic heterocycles. The van der Waals surface area contributed by atoms with Crippen LogP contribution in [0.1, 0.15) is 25.7 Å². The van der Waals surface area contributed by atoms with Crippen molar-refractivity contribution in [2.24, 2.45) is 5.73 Å². The topological polar surface area (TPSA) is 217 Å². The van der Waals surface area contributed by atoms with Gasteiger partial charge in [-0.1, -0.05) is 0 Å². The molecule has 13 nitrogen and oxygen atoms in total. The second kappa shape index (κ2) is 12.0. The van der Waals surface area contributed by atoms with Crippen LogP contribution in [-0.2, 0) is 28.8 Å². The maximum absolute atomic E-state index is 12.5. The van der Waals surface area contributed by atoms with Crippen LogP contribution in [0.5, 0.6) is 0 Å². The third-order valence-electron chi connectivity index (χ3n) is 4.22. The van der Waals surface area contributed by atoms with E-state index in [1.165, 1.54) is 0 Å². The average Bonchev–Trinajstić information content (AvgIpc) is 3.18. The van der Waals surface area contributed by atoms with Crippen molar-refractivity contribution in [3.05, 3.63) is 0 Å². The Morgan fingerprint density at radius 3 is 2.03 bits per heavy atom. The van der Waals surface area contributed by atoms with Crippen LogP contribution in [0.3, 0.4) is 0 Å². The first kappa shape index (κ1) is 25.2. The van der Waals surface area contributed by atoms with Gasteiger partial charge in [-0.25, -0.2) is 4.79 Å². The summed E-state index contributed by atoms with van der Waals surface area (Å²) in [7, 11) is 0. The molecule has 0 bridgehead atoms. The zero-order valence-corrected chi connectivity index (χ0v) is 16.8. The maximum atomic E-state index is 12.5. The smallest absolute Gasteiger partial charge is 0.326 e. The fraction of sp³-hybridized carbons (Fsp3) is 0.625. The molecule has 168 valence electrons. The molecule has 4 amide bonds. The molecule has 0 aromatic carbocycles. The minimum Gasteiger partial charge on any atom is -0.481 e. The predicted molar refractivity (Wildman–Crippen MR) is 104 cm³/mol. The highest BCUT2D eigenvalue weighted by molar-refractivity contribution is 7.80. The number of carbonyl (C=O) groups is 6. The number of carboxylic acid groups (broad SMARTS) is 2. The van der Waals surface area contributed by atoms with Crippen LogP contribution in [-0.4, -0.2) is 82.2 Å². The molecule has 0 radical (unpaired) electrons. The van der Waals surface area contributed by atoms with E-state index in [2.05, 4.69) is 28.6 Å². The van der Waals surface area contributed by atoms with Crippen molar-refractivity contribution in [1.29, 1.82) is 0 Å². The minimum absolute atomic E-state index is 0.265. The molecule has 1 fully saturated rings. The lowest BCUT2D eigenvalue weighted by Gasteiger charge is -2.23. The molecule has 1 aliphatic rings. The number of nitrogens with one attached hydrogen (secondary N) is 4. The molecule has 0 spiro atoms. The van der Waals surface area contributed by atoms with E-state index in [0.29, 0.717) is 13.0 Å². The minimum atomic E-state index is -1.72. The molecular formula is C16H25N5O8S. The SMILES string of the molecule is NC(=O)CC(NC(=O)C1CCCN1)C(=O)NC(CS)C(=O)NC(CC(=O)O)C(=O)O. The first-order chi connectivity index (χ1) is 14.0. The molecular weight excluding hydrogens is 422 g/mol. The second-order valence-electron chi connectivity index (χ2n) is 6.62. The molecule has 8 N–H and O–H groups in total. The summed E-state index contributed by atoms with van der Waals surface area (Å²) >= 11 is 3.92. The van der Waals surface area contributed by atoms with Gasteiger partial charge in [0.15, 0.2) is 0 Å². The van der Waals surface area contributed by atoms with Gasteiger partial charge in [-0.2, -0.15) is 12.6 Å². The first-order valence-electron chi connectivity index (χ1n) is 9.03. The van der Waals surface area contributed by atoms with Gasteiger partial charge in [-0.05, 0) is 19.4 Å². The van der Waals surface area contributed by atoms with E-state index in [0.717, 1.165) is 6.42 Å². The van der Waals surface area contributed by atoms with Crippen LogP contribution in [0, 0.1) is 0 Å². The Bertz CT molecular complexity index is 697. The number of amides is 4. The quantitative estimate of drug-likeness (QED) is 0.139. The van der Waals surface area contributed by atoms with Crippen LogP contribution < -0.4 is 27.0 Å². The van der Waals surface area contributed by atoms with Crippen molar-refractivity contribution < 1.29 is 39.0 Å². The Labute approximate surface area is 176 Å². The summed E-state index contributed by atoms with van der Waals surface area (Å²) in [6.45, 7) is 0.633. The standard InChI is InChI=1S/C16H25N5O8S/c17-11(22)4-8(19-13(25)7-2-1-3-18-7)14(26)21-10(6-30)15(27)20-9(16(28)29)5-12(23)24/h7-10,18,30H,1-6H2,(H2,17,22)(H,19,25)(H,20,27)(H,21,26)(H,23,24)(H,28,29). The van der Waals surface area contributed by atoms with E-state index in [9.17, 15) is 28.8 Å². The van der Waals surface area contributed by atoms with Gasteiger partial charge in [0.25, 0.3) is 0 Å². The molecule has 1 saturated heterocycles. The normalized spacial score (nSPS) is 18.5. The number of thiol groups is 1. The molecule has 30 heavy (non-hydrogen) atoms. The summed E-state index contributed by atoms with van der Waals surface area (Å²) in [5.41, 5.74) is 5.13. The highest BCUT2D eigenvalue weighted by Gasteiger charge is 2.32. The van der Waals surface area contributed by atoms with Gasteiger partial charge in [-0.15, -0.1) is 0 Å². The summed E-state index contributed by atoms with van der Waals surface area (Å²) in [5, 5.41) is 27.3. The summed E-state index contributed by atoms with van der Waals surface area (Å²) < 4.78 is 0. The summed E-state index contributed by atoms with van der Waals surface area (Å²) in [4.78, 5) is 70.1. The van der Waals surface area contributed by atoms with Crippen molar-refractivity contribution in [3.8, 4) is 0 Å². The predicted octanol–water partition coefficient (Wildman–Crippen LogP) is -3.44. The summed E-state index contributed by atoms with van der Waals surface area (Å²) in [6.07, 6.45) is -0.0721. The van der Waals surface area contributed by atoms with E-state index in [4.69, 9.17) is 15.9 Å². The molecule has 4 unspecified atom stereocenters. The van der Waals surface area contributed by atoms with E-state index in [1.807, 2.05) is 5.32 Å². The molecule has 14 heteroatoms. The number of aliphatic carboxylic acids is 2. The molecule has 4 atom stereocenters. The highest BCUT2D eigenvalue weighted by Crippen LogP contribution is 2.06. The fourth-order valence-corrected chi connectivity index (χ4v) is 2.96. The van der Waals surface area contributed by atoms with E-state index in [-0.39, 0.29) is 5.75 Å². The first-order valence-corrected chi connectivity index (χ1v) is 9.66. The number of hydrogen-bond donors (Lipinski definition) is 8. The average molecular weight is 447 g/mol. The fourth-order valence-electron chi connectivity index (χ4n) is 2.70. The number of primary amides is 1. The van der Waals surface area contributed by atoms with Crippen LogP contribution >= 0.6 is 12.6 Å². The van der Waals surface area contributed by atoms with E-state index in [1.54, 1.807) is 0 Å². The van der Waals surface area contributed by atoms with Crippen LogP contribution in [0.4, 0.5) is 0 Å². The molecule has 0 aromatic rings. The van der Waals surface area contributed by atoms with Crippen molar-refractivity contribution >= 4 is 48.2 Å². The van der Waals surface area contributed by atoms with Gasteiger partial charge >= 0.3 is 11.9 Å². The number of carbonyl (C=O) groups excluding carboxylic acids is 4. The number of rotatable bonds is 12. The lowest BCUT2D eigenvalue weighted by molar-refractivity contribution is -0.147. The van der Waals surface area contributed by atoms with E-state index >= 15 is 0 Å². The largest absolute Gasteiger partial charge is 0.481 e. The monoisotopic (exact) mass is 447 g/mol. The Kier molecular flexibility index (Phi) is 10.0. The lowest BCUT2D eigenvalue weighted by atomic mass is 10.1. The number of nitrogens with two attached hydrogens (primary N) is 1. The molecule has 1 rings (SSSR count). The maximum Gasteiger partial charge on any atom is 0.326 e. The molecule has 1 heterocycles. The van der Waals surface area contributed by atoms with Gasteiger partial charge in [0.05, 0.1) is 18.9 Å². The van der Waals surface area contributed by atoms with Gasteiger partial charge in [0.1, 0.15) is 18.1 Å². The molecule has 0 aliphatic carbocycles. The molecule has 0 aromatic heterocycles. The Morgan fingerprint density at radius 1 is 0.967 bits per heavy atom. The van der Waals surface area contributed by atoms with Gasteiger partial charge in [-0.3, -0.25) is 24.0 Å². The summed E-state index contributed by atoms with van der Waals surface area (Å²) in [5.74, 6) is -6.55. The van der Waals surface area contributed by atoms with Gasteiger partial charge in [0, 0.05) is 5.75 Å². The van der Waals surface area contributed by atoms with Gasteiger partial charge in [0.2, 0.25) is 23.6 Å². The van der Waals surface area contributed by atoms with Crippen molar-refractivity contribution in [2.45, 2.75) is 49.9 Å². The van der Waals surface area contributed by atoms with Crippen molar-refractivity contribution in [1.82, 2.24) is 21.3 Å². The Morgan fingerprint density at radius 2 is 1.57 bits per heavy atom. The Balaban J connectivity index is 2.80. The van der Waals surface area contributed by atoms with Crippen LogP contribution in [0.2, 0.25) is 0 Å². The zero-order valence-electron chi connectivity index (χ0n) is 15.9. The van der Waals surface area contributed by atoms with Crippen LogP contribution in [0.15, 0.2) is 0 Å². The third-order valence-corrected chi connectivity index (χ3v) is 4.59. The van der Waals surface area contributed by atoms with Gasteiger partial charge < -0.3 is 37.2 Å². The van der Waals surface area contributed by atoms with E-state index < -0.39 is 72.6 Å². The highest BCUT2D eigenvalue weighted by atomic mass is 32.1. The van der Waals surface area contributed by atoms with Crippen molar-refractivity contribution in [2.75, 3.05) is 12.3 Å². The summed E-state index contributed by atoms with van der Waals surface area (Å²) in [6, 6.07) is -4.96. The van der Waals surface area contributed by atoms with Crippen molar-refractivity contribution in [3.63, 3.8) is 0 Å². The number of carboxylic acids is 2. The number of hydrogen-bond acceptors (Lipinski definition) is 8. The zero-order chi connectivity index (χ0) is 22.8. The Hall–Kier alpha value is -2.87. The van der Waals surface area contributed by atoms with Crippen LogP contribution in [0.25, 0.3) is 0 Å². The lowest BCUT2D eigenvalue weighted by Crippen LogP contribution is -2.58.